The Morgan fingerprint density at radius 2 is 2.20 bits per heavy atom. The van der Waals surface area contributed by atoms with Gasteiger partial charge in [0.2, 0.25) is 0 Å². The molecule has 2 unspecified atom stereocenters. The Morgan fingerprint density at radius 1 is 1.45 bits per heavy atom. The molecule has 2 N–H and O–H groups in total. The zero-order valence-corrected chi connectivity index (χ0v) is 12.1. The highest BCUT2D eigenvalue weighted by Gasteiger charge is 2.24. The van der Waals surface area contributed by atoms with Gasteiger partial charge in [0.25, 0.3) is 5.91 Å². The summed E-state index contributed by atoms with van der Waals surface area (Å²) in [7, 11) is 4.00. The summed E-state index contributed by atoms with van der Waals surface area (Å²) in [6.07, 6.45) is -0.392. The topological polar surface area (TPSA) is 53.6 Å². The van der Waals surface area contributed by atoms with Crippen molar-refractivity contribution in [1.29, 1.82) is 0 Å². The van der Waals surface area contributed by atoms with Crippen LogP contribution >= 0.6 is 0 Å². The van der Waals surface area contributed by atoms with Crippen LogP contribution in [0.25, 0.3) is 0 Å². The maximum absolute atomic E-state index is 12.3. The molecule has 1 aromatic rings. The summed E-state index contributed by atoms with van der Waals surface area (Å²) in [6, 6.07) is 10.0. The summed E-state index contributed by atoms with van der Waals surface area (Å²) in [4.78, 5) is 14.3. The highest BCUT2D eigenvalue weighted by molar-refractivity contribution is 5.81. The molecule has 1 saturated heterocycles. The molecular formula is C15H23N3O2. The number of hydrogen-bond donors (Lipinski definition) is 2. The minimum atomic E-state index is -0.392. The molecule has 2 rings (SSSR count). The average Bonchev–Trinajstić information content (AvgIpc) is 2.48. The molecule has 5 nitrogen and oxygen atoms in total. The number of benzene rings is 1. The molecule has 20 heavy (non-hydrogen) atoms. The zero-order valence-electron chi connectivity index (χ0n) is 12.1. The number of hydrogen-bond acceptors (Lipinski definition) is 4. The number of carbonyl (C=O) groups is 1. The predicted molar refractivity (Wildman–Crippen MR) is 78.5 cm³/mol. The largest absolute Gasteiger partial charge is 0.366 e. The van der Waals surface area contributed by atoms with Crippen LogP contribution < -0.4 is 10.6 Å². The van der Waals surface area contributed by atoms with Crippen molar-refractivity contribution < 1.29 is 9.53 Å². The van der Waals surface area contributed by atoms with Gasteiger partial charge in [0, 0.05) is 19.6 Å². The molecule has 1 fully saturated rings. The van der Waals surface area contributed by atoms with E-state index in [9.17, 15) is 4.79 Å². The molecule has 110 valence electrons. The molecule has 0 radical (unpaired) electrons. The lowest BCUT2D eigenvalue weighted by Gasteiger charge is -2.27. The number of likely N-dealkylation sites (N-methyl/N-ethyl adjacent to an activating group) is 1. The quantitative estimate of drug-likeness (QED) is 0.818. The molecular weight excluding hydrogens is 254 g/mol. The molecule has 1 aliphatic heterocycles. The Morgan fingerprint density at radius 3 is 2.80 bits per heavy atom. The van der Waals surface area contributed by atoms with E-state index < -0.39 is 6.10 Å². The first-order valence-electron chi connectivity index (χ1n) is 6.99. The Bertz CT molecular complexity index is 416. The number of nitrogens with zero attached hydrogens (tertiary/aromatic N) is 1. The molecule has 0 bridgehead atoms. The van der Waals surface area contributed by atoms with Crippen LogP contribution in [0.2, 0.25) is 0 Å². The predicted octanol–water partition coefficient (Wildman–Crippen LogP) is 0.394. The van der Waals surface area contributed by atoms with Gasteiger partial charge in [-0.15, -0.1) is 0 Å². The molecule has 2 atom stereocenters. The van der Waals surface area contributed by atoms with Crippen molar-refractivity contribution in [2.24, 2.45) is 0 Å². The van der Waals surface area contributed by atoms with E-state index in [0.717, 1.165) is 18.7 Å². The maximum atomic E-state index is 12.3. The molecule has 1 aliphatic rings. The van der Waals surface area contributed by atoms with Crippen LogP contribution in [0.3, 0.4) is 0 Å². The lowest BCUT2D eigenvalue weighted by Crippen LogP contribution is -2.49. The summed E-state index contributed by atoms with van der Waals surface area (Å²) in [6.45, 7) is 2.73. The third kappa shape index (κ3) is 4.30. The van der Waals surface area contributed by atoms with Crippen molar-refractivity contribution in [3.05, 3.63) is 35.9 Å². The van der Waals surface area contributed by atoms with E-state index in [1.165, 1.54) is 0 Å². The third-order valence-electron chi connectivity index (χ3n) is 3.29. The number of nitrogens with one attached hydrogen (secondary N) is 2. The van der Waals surface area contributed by atoms with Crippen molar-refractivity contribution in [2.75, 3.05) is 40.3 Å². The first-order valence-corrected chi connectivity index (χ1v) is 6.99. The van der Waals surface area contributed by atoms with Gasteiger partial charge in [-0.1, -0.05) is 30.3 Å². The highest BCUT2D eigenvalue weighted by atomic mass is 16.5. The third-order valence-corrected chi connectivity index (χ3v) is 3.29. The second-order valence-corrected chi connectivity index (χ2v) is 5.30. The molecule has 1 aromatic carbocycles. The van der Waals surface area contributed by atoms with E-state index in [0.29, 0.717) is 13.2 Å². The van der Waals surface area contributed by atoms with Gasteiger partial charge >= 0.3 is 0 Å². The van der Waals surface area contributed by atoms with E-state index in [4.69, 9.17) is 4.74 Å². The SMILES string of the molecule is CN(C)CC(NC(=O)C1CNCCO1)c1ccccc1. The number of morpholine rings is 1. The van der Waals surface area contributed by atoms with Crippen molar-refractivity contribution in [3.8, 4) is 0 Å². The number of carbonyl (C=O) groups excluding carboxylic acids is 1. The summed E-state index contributed by atoms with van der Waals surface area (Å²) >= 11 is 0. The van der Waals surface area contributed by atoms with Crippen molar-refractivity contribution in [2.45, 2.75) is 12.1 Å². The van der Waals surface area contributed by atoms with E-state index in [1.54, 1.807) is 0 Å². The zero-order chi connectivity index (χ0) is 14.4. The molecule has 0 aromatic heterocycles. The van der Waals surface area contributed by atoms with Crippen LogP contribution in [0.4, 0.5) is 0 Å². The lowest BCUT2D eigenvalue weighted by molar-refractivity contribution is -0.135. The highest BCUT2D eigenvalue weighted by Crippen LogP contribution is 2.14. The van der Waals surface area contributed by atoms with Crippen molar-refractivity contribution in [1.82, 2.24) is 15.5 Å². The Hall–Kier alpha value is -1.43. The van der Waals surface area contributed by atoms with E-state index >= 15 is 0 Å². The minimum Gasteiger partial charge on any atom is -0.366 e. The fourth-order valence-electron chi connectivity index (χ4n) is 2.28. The summed E-state index contributed by atoms with van der Waals surface area (Å²) < 4.78 is 5.49. The van der Waals surface area contributed by atoms with E-state index in [2.05, 4.69) is 15.5 Å². The fourth-order valence-corrected chi connectivity index (χ4v) is 2.28. The molecule has 1 heterocycles. The maximum Gasteiger partial charge on any atom is 0.250 e. The van der Waals surface area contributed by atoms with Gasteiger partial charge in [0.05, 0.1) is 12.6 Å². The first kappa shape index (κ1) is 15.0. The van der Waals surface area contributed by atoms with E-state index in [1.807, 2.05) is 44.4 Å². The van der Waals surface area contributed by atoms with Gasteiger partial charge in [0.1, 0.15) is 6.10 Å². The Balaban J connectivity index is 2.01. The normalized spacial score (nSPS) is 20.6. The van der Waals surface area contributed by atoms with Crippen LogP contribution in [0.5, 0.6) is 0 Å². The van der Waals surface area contributed by atoms with Crippen LogP contribution in [-0.4, -0.2) is 57.2 Å². The molecule has 0 spiro atoms. The summed E-state index contributed by atoms with van der Waals surface area (Å²) in [5.74, 6) is -0.0482. The number of amides is 1. The summed E-state index contributed by atoms with van der Waals surface area (Å²) in [5.41, 5.74) is 1.11. The minimum absolute atomic E-state index is 0.0239. The van der Waals surface area contributed by atoms with Gasteiger partial charge in [0.15, 0.2) is 0 Å². The van der Waals surface area contributed by atoms with Crippen LogP contribution in [0, 0.1) is 0 Å². The smallest absolute Gasteiger partial charge is 0.250 e. The van der Waals surface area contributed by atoms with Crippen molar-refractivity contribution >= 4 is 5.91 Å². The average molecular weight is 277 g/mol. The van der Waals surface area contributed by atoms with Crippen LogP contribution in [0.1, 0.15) is 11.6 Å². The van der Waals surface area contributed by atoms with Gasteiger partial charge in [-0.3, -0.25) is 4.79 Å². The van der Waals surface area contributed by atoms with Crippen LogP contribution in [-0.2, 0) is 9.53 Å². The van der Waals surface area contributed by atoms with Crippen LogP contribution in [0.15, 0.2) is 30.3 Å². The van der Waals surface area contributed by atoms with E-state index in [-0.39, 0.29) is 11.9 Å². The number of rotatable bonds is 5. The monoisotopic (exact) mass is 277 g/mol. The second-order valence-electron chi connectivity index (χ2n) is 5.30. The molecule has 0 saturated carbocycles. The van der Waals surface area contributed by atoms with Gasteiger partial charge < -0.3 is 20.3 Å². The molecule has 5 heteroatoms. The first-order chi connectivity index (χ1) is 9.66. The fraction of sp³-hybridized carbons (Fsp3) is 0.533. The number of ether oxygens (including phenoxy) is 1. The van der Waals surface area contributed by atoms with Crippen molar-refractivity contribution in [3.63, 3.8) is 0 Å². The second kappa shape index (κ2) is 7.38. The Kier molecular flexibility index (Phi) is 5.52. The summed E-state index contributed by atoms with van der Waals surface area (Å²) in [5, 5.41) is 6.26. The molecule has 1 amide bonds. The van der Waals surface area contributed by atoms with Gasteiger partial charge in [-0.25, -0.2) is 0 Å². The Labute approximate surface area is 120 Å². The lowest BCUT2D eigenvalue weighted by atomic mass is 10.1. The van der Waals surface area contributed by atoms with Gasteiger partial charge in [-0.05, 0) is 19.7 Å². The molecule has 0 aliphatic carbocycles. The standard InChI is InChI=1S/C15H23N3O2/c1-18(2)11-13(12-6-4-3-5-7-12)17-15(19)14-10-16-8-9-20-14/h3-7,13-14,16H,8-11H2,1-2H3,(H,17,19). The van der Waals surface area contributed by atoms with Gasteiger partial charge in [-0.2, -0.15) is 0 Å².